The standard InChI is InChI=1S/C13H16N2O3S/c1-13(2,3)15-10(16)8-7-5-6-19-11(7)14-9(8)12(17)18-4/h5-6,14H,1-4H3,(H,15,16). The maximum absolute atomic E-state index is 12.3. The molecule has 0 spiro atoms. The number of esters is 1. The number of methoxy groups -OCH3 is 1. The first-order valence-corrected chi connectivity index (χ1v) is 6.71. The van der Waals surface area contributed by atoms with Crippen LogP contribution in [0.3, 0.4) is 0 Å². The van der Waals surface area contributed by atoms with E-state index in [4.69, 9.17) is 4.74 Å². The summed E-state index contributed by atoms with van der Waals surface area (Å²) < 4.78 is 4.71. The third-order valence-electron chi connectivity index (χ3n) is 2.53. The average Bonchev–Trinajstić information content (AvgIpc) is 2.84. The van der Waals surface area contributed by atoms with Crippen molar-refractivity contribution >= 4 is 33.4 Å². The number of ether oxygens (including phenoxy) is 1. The largest absolute Gasteiger partial charge is 0.464 e. The molecule has 0 aliphatic rings. The van der Waals surface area contributed by atoms with Crippen LogP contribution < -0.4 is 5.32 Å². The molecule has 0 unspecified atom stereocenters. The zero-order valence-corrected chi connectivity index (χ0v) is 12.1. The summed E-state index contributed by atoms with van der Waals surface area (Å²) in [6, 6.07) is 1.82. The van der Waals surface area contributed by atoms with Crippen molar-refractivity contribution in [2.75, 3.05) is 7.11 Å². The van der Waals surface area contributed by atoms with E-state index in [1.807, 2.05) is 32.2 Å². The number of amides is 1. The maximum Gasteiger partial charge on any atom is 0.355 e. The topological polar surface area (TPSA) is 71.2 Å². The van der Waals surface area contributed by atoms with E-state index in [0.717, 1.165) is 10.2 Å². The van der Waals surface area contributed by atoms with Crippen LogP contribution in [0.1, 0.15) is 41.6 Å². The van der Waals surface area contributed by atoms with Crippen molar-refractivity contribution in [1.82, 2.24) is 10.3 Å². The lowest BCUT2D eigenvalue weighted by atomic mass is 10.1. The highest BCUT2D eigenvalue weighted by molar-refractivity contribution is 7.16. The lowest BCUT2D eigenvalue weighted by Crippen LogP contribution is -2.41. The van der Waals surface area contributed by atoms with Gasteiger partial charge in [0.1, 0.15) is 10.5 Å². The summed E-state index contributed by atoms with van der Waals surface area (Å²) in [5.41, 5.74) is 0.175. The van der Waals surface area contributed by atoms with Crippen LogP contribution in [0, 0.1) is 0 Å². The summed E-state index contributed by atoms with van der Waals surface area (Å²) in [4.78, 5) is 27.8. The molecule has 0 radical (unpaired) electrons. The highest BCUT2D eigenvalue weighted by Crippen LogP contribution is 2.27. The molecule has 0 saturated carbocycles. The van der Waals surface area contributed by atoms with Crippen LogP contribution in [-0.4, -0.2) is 29.5 Å². The van der Waals surface area contributed by atoms with Gasteiger partial charge in [-0.15, -0.1) is 11.3 Å². The van der Waals surface area contributed by atoms with E-state index in [1.165, 1.54) is 18.4 Å². The molecule has 2 aromatic heterocycles. The highest BCUT2D eigenvalue weighted by Gasteiger charge is 2.26. The molecule has 0 saturated heterocycles. The van der Waals surface area contributed by atoms with Gasteiger partial charge >= 0.3 is 5.97 Å². The highest BCUT2D eigenvalue weighted by atomic mass is 32.1. The van der Waals surface area contributed by atoms with Gasteiger partial charge in [0, 0.05) is 10.9 Å². The summed E-state index contributed by atoms with van der Waals surface area (Å²) in [6.45, 7) is 5.67. The second-order valence-electron chi connectivity index (χ2n) is 5.23. The molecule has 0 aromatic carbocycles. The van der Waals surface area contributed by atoms with E-state index in [0.29, 0.717) is 5.56 Å². The molecule has 0 atom stereocenters. The SMILES string of the molecule is COC(=O)c1[nH]c2sccc2c1C(=O)NC(C)(C)C. The van der Waals surface area contributed by atoms with E-state index in [9.17, 15) is 9.59 Å². The van der Waals surface area contributed by atoms with E-state index >= 15 is 0 Å². The first-order chi connectivity index (χ1) is 8.83. The summed E-state index contributed by atoms with van der Waals surface area (Å²) in [5, 5.41) is 5.47. The smallest absolute Gasteiger partial charge is 0.355 e. The Kier molecular flexibility index (Phi) is 3.36. The van der Waals surface area contributed by atoms with Crippen LogP contribution in [0.5, 0.6) is 0 Å². The monoisotopic (exact) mass is 280 g/mol. The van der Waals surface area contributed by atoms with Crippen LogP contribution in [0.4, 0.5) is 0 Å². The number of nitrogens with one attached hydrogen (secondary N) is 2. The summed E-state index contributed by atoms with van der Waals surface area (Å²) in [7, 11) is 1.29. The quantitative estimate of drug-likeness (QED) is 0.830. The number of aromatic amines is 1. The molecular weight excluding hydrogens is 264 g/mol. The van der Waals surface area contributed by atoms with Crippen molar-refractivity contribution < 1.29 is 14.3 Å². The Morgan fingerprint density at radius 3 is 2.63 bits per heavy atom. The number of fused-ring (bicyclic) bond motifs is 1. The fourth-order valence-electron chi connectivity index (χ4n) is 1.81. The number of hydrogen-bond donors (Lipinski definition) is 2. The van der Waals surface area contributed by atoms with Gasteiger partial charge in [-0.1, -0.05) is 0 Å². The van der Waals surface area contributed by atoms with Gasteiger partial charge in [-0.05, 0) is 32.2 Å². The molecule has 2 rings (SSSR count). The zero-order chi connectivity index (χ0) is 14.2. The summed E-state index contributed by atoms with van der Waals surface area (Å²) in [6.07, 6.45) is 0. The van der Waals surface area contributed by atoms with Gasteiger partial charge < -0.3 is 15.0 Å². The molecule has 0 bridgehead atoms. The van der Waals surface area contributed by atoms with Crippen LogP contribution in [0.25, 0.3) is 10.2 Å². The van der Waals surface area contributed by atoms with Gasteiger partial charge in [0.05, 0.1) is 12.7 Å². The Hall–Kier alpha value is -1.82. The predicted octanol–water partition coefficient (Wildman–Crippen LogP) is 2.54. The van der Waals surface area contributed by atoms with Gasteiger partial charge in [-0.25, -0.2) is 4.79 Å². The van der Waals surface area contributed by atoms with Gasteiger partial charge in [-0.3, -0.25) is 4.79 Å². The normalized spacial score (nSPS) is 11.6. The van der Waals surface area contributed by atoms with Crippen LogP contribution >= 0.6 is 11.3 Å². The van der Waals surface area contributed by atoms with Gasteiger partial charge in [0.25, 0.3) is 5.91 Å². The van der Waals surface area contributed by atoms with Gasteiger partial charge in [0.15, 0.2) is 0 Å². The summed E-state index contributed by atoms with van der Waals surface area (Å²) >= 11 is 1.44. The van der Waals surface area contributed by atoms with Crippen molar-refractivity contribution in [1.29, 1.82) is 0 Å². The minimum absolute atomic E-state index is 0.200. The predicted molar refractivity (Wildman–Crippen MR) is 74.7 cm³/mol. The molecule has 2 heterocycles. The Balaban J connectivity index is 2.52. The molecule has 0 aliphatic carbocycles. The number of hydrogen-bond acceptors (Lipinski definition) is 4. The molecule has 1 amide bonds. The van der Waals surface area contributed by atoms with E-state index in [-0.39, 0.29) is 17.1 Å². The van der Waals surface area contributed by atoms with Crippen molar-refractivity contribution in [3.05, 3.63) is 22.7 Å². The van der Waals surface area contributed by atoms with E-state index in [1.54, 1.807) is 0 Å². The average molecular weight is 280 g/mol. The van der Waals surface area contributed by atoms with Crippen molar-refractivity contribution in [3.63, 3.8) is 0 Å². The molecule has 0 aliphatic heterocycles. The van der Waals surface area contributed by atoms with Crippen molar-refractivity contribution in [2.45, 2.75) is 26.3 Å². The zero-order valence-electron chi connectivity index (χ0n) is 11.3. The van der Waals surface area contributed by atoms with E-state index in [2.05, 4.69) is 10.3 Å². The Bertz CT molecular complexity index is 634. The molecule has 2 N–H and O–H groups in total. The first kappa shape index (κ1) is 13.6. The Morgan fingerprint density at radius 2 is 2.05 bits per heavy atom. The number of rotatable bonds is 2. The Labute approximate surface area is 115 Å². The lowest BCUT2D eigenvalue weighted by Gasteiger charge is -2.20. The van der Waals surface area contributed by atoms with Crippen LogP contribution in [-0.2, 0) is 4.74 Å². The number of aromatic nitrogens is 1. The lowest BCUT2D eigenvalue weighted by molar-refractivity contribution is 0.0590. The molecule has 19 heavy (non-hydrogen) atoms. The molecular formula is C13H16N2O3S. The van der Waals surface area contributed by atoms with Crippen molar-refractivity contribution in [3.8, 4) is 0 Å². The molecule has 0 fully saturated rings. The second-order valence-corrected chi connectivity index (χ2v) is 6.15. The summed E-state index contributed by atoms with van der Waals surface area (Å²) in [5.74, 6) is -0.819. The third kappa shape index (κ3) is 2.63. The first-order valence-electron chi connectivity index (χ1n) is 5.83. The number of thiophene rings is 1. The number of H-pyrrole nitrogens is 1. The van der Waals surface area contributed by atoms with Gasteiger partial charge in [0.2, 0.25) is 0 Å². The van der Waals surface area contributed by atoms with Crippen LogP contribution in [0.2, 0.25) is 0 Å². The minimum atomic E-state index is -0.539. The molecule has 6 heteroatoms. The fourth-order valence-corrected chi connectivity index (χ4v) is 2.61. The Morgan fingerprint density at radius 1 is 1.37 bits per heavy atom. The van der Waals surface area contributed by atoms with Crippen molar-refractivity contribution in [2.24, 2.45) is 0 Å². The fraction of sp³-hybridized carbons (Fsp3) is 0.385. The number of carbonyl (C=O) groups is 2. The maximum atomic E-state index is 12.3. The molecule has 2 aromatic rings. The minimum Gasteiger partial charge on any atom is -0.464 e. The molecule has 102 valence electrons. The third-order valence-corrected chi connectivity index (χ3v) is 3.36. The van der Waals surface area contributed by atoms with Gasteiger partial charge in [-0.2, -0.15) is 0 Å². The number of carbonyl (C=O) groups excluding carboxylic acids is 2. The second kappa shape index (κ2) is 4.70. The van der Waals surface area contributed by atoms with E-state index < -0.39 is 5.97 Å². The molecule has 5 nitrogen and oxygen atoms in total. The van der Waals surface area contributed by atoms with Crippen LogP contribution in [0.15, 0.2) is 11.4 Å².